The van der Waals surface area contributed by atoms with Crippen LogP contribution in [-0.2, 0) is 6.54 Å². The van der Waals surface area contributed by atoms with Crippen LogP contribution >= 0.6 is 0 Å². The van der Waals surface area contributed by atoms with Crippen molar-refractivity contribution in [2.75, 3.05) is 5.73 Å². The number of phenolic OH excluding ortho intramolecular Hbond substituents is 1. The zero-order chi connectivity index (χ0) is 9.42. The maximum Gasteiger partial charge on any atom is 0.201 e. The maximum absolute atomic E-state index is 9.58. The van der Waals surface area contributed by atoms with E-state index in [2.05, 4.69) is 4.98 Å². The molecular formula is C9H11N3O. The van der Waals surface area contributed by atoms with E-state index >= 15 is 0 Å². The third kappa shape index (κ3) is 1.02. The van der Waals surface area contributed by atoms with E-state index in [1.54, 1.807) is 16.7 Å². The van der Waals surface area contributed by atoms with Crippen molar-refractivity contribution < 1.29 is 5.11 Å². The van der Waals surface area contributed by atoms with Gasteiger partial charge < -0.3 is 15.4 Å². The number of nitrogen functional groups attached to an aromatic ring is 1. The summed E-state index contributed by atoms with van der Waals surface area (Å²) in [5, 5.41) is 9.58. The quantitative estimate of drug-likeness (QED) is 0.691. The van der Waals surface area contributed by atoms with Crippen LogP contribution in [0.5, 0.6) is 5.75 Å². The van der Waals surface area contributed by atoms with Gasteiger partial charge in [0.1, 0.15) is 11.3 Å². The Labute approximate surface area is 75.6 Å². The molecule has 0 aliphatic rings. The number of nitrogens with two attached hydrogens (primary N) is 1. The van der Waals surface area contributed by atoms with Crippen molar-refractivity contribution in [1.29, 1.82) is 0 Å². The monoisotopic (exact) mass is 177 g/mol. The summed E-state index contributed by atoms with van der Waals surface area (Å²) in [4.78, 5) is 4.13. The predicted molar refractivity (Wildman–Crippen MR) is 51.5 cm³/mol. The summed E-state index contributed by atoms with van der Waals surface area (Å²) >= 11 is 0. The average molecular weight is 177 g/mol. The second-order valence-corrected chi connectivity index (χ2v) is 2.86. The summed E-state index contributed by atoms with van der Waals surface area (Å²) in [5.74, 6) is 0.669. The molecule has 0 saturated heterocycles. The van der Waals surface area contributed by atoms with Crippen LogP contribution in [0.4, 0.5) is 5.95 Å². The Morgan fingerprint density at radius 2 is 2.31 bits per heavy atom. The van der Waals surface area contributed by atoms with Crippen LogP contribution < -0.4 is 5.73 Å². The third-order valence-corrected chi connectivity index (χ3v) is 2.09. The standard InChI is InChI=1S/C9H11N3O/c1-2-12-8-6(11-9(12)10)4-3-5-7(8)13/h3-5,13H,2H2,1H3,(H2,10,11). The van der Waals surface area contributed by atoms with Crippen molar-refractivity contribution in [2.24, 2.45) is 0 Å². The van der Waals surface area contributed by atoms with Gasteiger partial charge in [0.05, 0.1) is 5.52 Å². The van der Waals surface area contributed by atoms with E-state index in [4.69, 9.17) is 5.73 Å². The first kappa shape index (κ1) is 7.91. The largest absolute Gasteiger partial charge is 0.506 e. The van der Waals surface area contributed by atoms with Gasteiger partial charge in [0, 0.05) is 6.54 Å². The molecule has 68 valence electrons. The van der Waals surface area contributed by atoms with E-state index in [1.165, 1.54) is 0 Å². The summed E-state index contributed by atoms with van der Waals surface area (Å²) in [5.41, 5.74) is 7.12. The third-order valence-electron chi connectivity index (χ3n) is 2.09. The molecule has 0 bridgehead atoms. The Kier molecular flexibility index (Phi) is 1.62. The fourth-order valence-corrected chi connectivity index (χ4v) is 1.50. The van der Waals surface area contributed by atoms with Crippen molar-refractivity contribution in [3.63, 3.8) is 0 Å². The number of aromatic nitrogens is 2. The lowest BCUT2D eigenvalue weighted by Crippen LogP contribution is -2.00. The van der Waals surface area contributed by atoms with E-state index < -0.39 is 0 Å². The number of hydrogen-bond donors (Lipinski definition) is 2. The Morgan fingerprint density at radius 3 is 3.00 bits per heavy atom. The molecule has 0 amide bonds. The van der Waals surface area contributed by atoms with Gasteiger partial charge in [-0.2, -0.15) is 0 Å². The number of anilines is 1. The smallest absolute Gasteiger partial charge is 0.201 e. The first-order valence-electron chi connectivity index (χ1n) is 4.17. The van der Waals surface area contributed by atoms with Crippen molar-refractivity contribution in [1.82, 2.24) is 9.55 Å². The lowest BCUT2D eigenvalue weighted by atomic mass is 10.3. The Hall–Kier alpha value is -1.71. The molecule has 3 N–H and O–H groups in total. The zero-order valence-corrected chi connectivity index (χ0v) is 7.36. The topological polar surface area (TPSA) is 64.1 Å². The second-order valence-electron chi connectivity index (χ2n) is 2.86. The van der Waals surface area contributed by atoms with E-state index in [-0.39, 0.29) is 5.75 Å². The molecular weight excluding hydrogens is 166 g/mol. The molecule has 13 heavy (non-hydrogen) atoms. The van der Waals surface area contributed by atoms with Gasteiger partial charge in [-0.1, -0.05) is 6.07 Å². The van der Waals surface area contributed by atoms with Crippen LogP contribution in [0.1, 0.15) is 6.92 Å². The molecule has 0 unspecified atom stereocenters. The number of aryl methyl sites for hydroxylation is 1. The van der Waals surface area contributed by atoms with Crippen molar-refractivity contribution >= 4 is 17.0 Å². The number of imidazole rings is 1. The van der Waals surface area contributed by atoms with Crippen LogP contribution in [0.25, 0.3) is 11.0 Å². The van der Waals surface area contributed by atoms with Crippen molar-refractivity contribution in [3.05, 3.63) is 18.2 Å². The Balaban J connectivity index is 2.88. The SMILES string of the molecule is CCn1c(N)nc2cccc(O)c21. The lowest BCUT2D eigenvalue weighted by Gasteiger charge is -2.02. The Morgan fingerprint density at radius 1 is 1.54 bits per heavy atom. The Bertz CT molecular complexity index is 447. The van der Waals surface area contributed by atoms with E-state index in [9.17, 15) is 5.11 Å². The molecule has 0 spiro atoms. The maximum atomic E-state index is 9.58. The highest BCUT2D eigenvalue weighted by Crippen LogP contribution is 2.25. The average Bonchev–Trinajstić information content (AvgIpc) is 2.42. The lowest BCUT2D eigenvalue weighted by molar-refractivity contribution is 0.478. The predicted octanol–water partition coefficient (Wildman–Crippen LogP) is 1.34. The molecule has 4 nitrogen and oxygen atoms in total. The molecule has 2 aromatic rings. The van der Waals surface area contributed by atoms with Crippen LogP contribution in [0.2, 0.25) is 0 Å². The minimum atomic E-state index is 0.226. The number of aromatic hydroxyl groups is 1. The number of para-hydroxylation sites is 1. The van der Waals surface area contributed by atoms with E-state index in [1.807, 2.05) is 13.0 Å². The van der Waals surface area contributed by atoms with Crippen LogP contribution in [0.15, 0.2) is 18.2 Å². The van der Waals surface area contributed by atoms with Gasteiger partial charge >= 0.3 is 0 Å². The van der Waals surface area contributed by atoms with Crippen LogP contribution in [-0.4, -0.2) is 14.7 Å². The van der Waals surface area contributed by atoms with Crippen LogP contribution in [0, 0.1) is 0 Å². The van der Waals surface area contributed by atoms with Crippen molar-refractivity contribution in [3.8, 4) is 5.75 Å². The molecule has 1 aromatic heterocycles. The van der Waals surface area contributed by atoms with Gasteiger partial charge in [-0.25, -0.2) is 4.98 Å². The fourth-order valence-electron chi connectivity index (χ4n) is 1.50. The van der Waals surface area contributed by atoms with Crippen molar-refractivity contribution in [2.45, 2.75) is 13.5 Å². The van der Waals surface area contributed by atoms with Crippen LogP contribution in [0.3, 0.4) is 0 Å². The molecule has 1 heterocycles. The molecule has 0 aliphatic carbocycles. The van der Waals surface area contributed by atoms with E-state index in [0.717, 1.165) is 5.52 Å². The van der Waals surface area contributed by atoms with Gasteiger partial charge in [0.15, 0.2) is 0 Å². The van der Waals surface area contributed by atoms with Gasteiger partial charge in [-0.15, -0.1) is 0 Å². The van der Waals surface area contributed by atoms with Gasteiger partial charge in [0.25, 0.3) is 0 Å². The molecule has 2 rings (SSSR count). The molecule has 0 atom stereocenters. The number of benzene rings is 1. The molecule has 1 aromatic carbocycles. The molecule has 0 fully saturated rings. The minimum Gasteiger partial charge on any atom is -0.506 e. The highest BCUT2D eigenvalue weighted by Gasteiger charge is 2.09. The molecule has 0 radical (unpaired) electrons. The zero-order valence-electron chi connectivity index (χ0n) is 7.36. The first-order chi connectivity index (χ1) is 6.24. The minimum absolute atomic E-state index is 0.226. The normalized spacial score (nSPS) is 10.8. The number of fused-ring (bicyclic) bond motifs is 1. The highest BCUT2D eigenvalue weighted by atomic mass is 16.3. The molecule has 0 saturated carbocycles. The molecule has 4 heteroatoms. The number of rotatable bonds is 1. The molecule has 0 aliphatic heterocycles. The van der Waals surface area contributed by atoms with Gasteiger partial charge in [-0.05, 0) is 19.1 Å². The second kappa shape index (κ2) is 2.65. The first-order valence-corrected chi connectivity index (χ1v) is 4.17. The number of nitrogens with zero attached hydrogens (tertiary/aromatic N) is 2. The summed E-state index contributed by atoms with van der Waals surface area (Å²) in [6.07, 6.45) is 0. The number of phenols is 1. The summed E-state index contributed by atoms with van der Waals surface area (Å²) in [7, 11) is 0. The summed E-state index contributed by atoms with van der Waals surface area (Å²) < 4.78 is 1.78. The summed E-state index contributed by atoms with van der Waals surface area (Å²) in [6, 6.07) is 5.22. The fraction of sp³-hybridized carbons (Fsp3) is 0.222. The summed E-state index contributed by atoms with van der Waals surface area (Å²) in [6.45, 7) is 2.67. The number of hydrogen-bond acceptors (Lipinski definition) is 3. The van der Waals surface area contributed by atoms with Gasteiger partial charge in [-0.3, -0.25) is 0 Å². The van der Waals surface area contributed by atoms with Gasteiger partial charge in [0.2, 0.25) is 5.95 Å². The highest BCUT2D eigenvalue weighted by molar-refractivity contribution is 5.84. The van der Waals surface area contributed by atoms with E-state index in [0.29, 0.717) is 18.0 Å².